The van der Waals surface area contributed by atoms with Crippen LogP contribution in [0, 0.1) is 11.6 Å². The predicted octanol–water partition coefficient (Wildman–Crippen LogP) is 5.31. The maximum absolute atomic E-state index is 14.3. The summed E-state index contributed by atoms with van der Waals surface area (Å²) in [5, 5.41) is 4.37. The second kappa shape index (κ2) is 10.3. The first-order valence-corrected chi connectivity index (χ1v) is 12.1. The zero-order chi connectivity index (χ0) is 26.1. The molecule has 2 atom stereocenters. The number of esters is 1. The van der Waals surface area contributed by atoms with E-state index < -0.39 is 29.7 Å². The smallest absolute Gasteiger partial charge is 0.323 e. The minimum Gasteiger partial charge on any atom is -0.468 e. The van der Waals surface area contributed by atoms with Gasteiger partial charge in [0.1, 0.15) is 23.4 Å². The molecular formula is C28H24ClF2N3O3. The molecule has 0 saturated carbocycles. The van der Waals surface area contributed by atoms with Crippen LogP contribution in [0.2, 0.25) is 5.02 Å². The Balaban J connectivity index is 1.43. The number of carbonyl (C=O) groups excluding carboxylic acids is 2. The number of methoxy groups -OCH3 is 1. The van der Waals surface area contributed by atoms with E-state index in [9.17, 15) is 18.4 Å². The first kappa shape index (κ1) is 24.9. The highest BCUT2D eigenvalue weighted by atomic mass is 35.5. The number of halogens is 3. The van der Waals surface area contributed by atoms with Crippen LogP contribution in [0.25, 0.3) is 22.0 Å². The monoisotopic (exact) mass is 523 g/mol. The van der Waals surface area contributed by atoms with Crippen molar-refractivity contribution in [1.82, 2.24) is 15.2 Å². The third kappa shape index (κ3) is 5.08. The lowest BCUT2D eigenvalue weighted by Crippen LogP contribution is -2.38. The third-order valence-corrected chi connectivity index (χ3v) is 6.88. The molecule has 0 spiro atoms. The zero-order valence-electron chi connectivity index (χ0n) is 19.9. The fourth-order valence-corrected chi connectivity index (χ4v) is 5.12. The van der Waals surface area contributed by atoms with E-state index >= 15 is 0 Å². The topological polar surface area (TPSA) is 74.4 Å². The molecule has 190 valence electrons. The Labute approximate surface area is 217 Å². The van der Waals surface area contributed by atoms with Crippen LogP contribution < -0.4 is 5.32 Å². The van der Waals surface area contributed by atoms with E-state index in [-0.39, 0.29) is 31.0 Å². The minimum absolute atomic E-state index is 0.00408. The summed E-state index contributed by atoms with van der Waals surface area (Å²) in [6.07, 6.45) is 0.266. The highest BCUT2D eigenvalue weighted by Crippen LogP contribution is 2.34. The Morgan fingerprint density at radius 3 is 2.65 bits per heavy atom. The third-order valence-electron chi connectivity index (χ3n) is 6.64. The van der Waals surface area contributed by atoms with Gasteiger partial charge in [-0.1, -0.05) is 41.9 Å². The number of hydrogen-bond acceptors (Lipinski definition) is 4. The first-order chi connectivity index (χ1) is 17.8. The SMILES string of the molecule is COC(=O)[C@@H]1C[C@@H](NC(=O)c2[nH]c3ccc(Cl)cc3c2-c2ccccc2)CN1Cc1cc(F)ccc1F. The summed E-state index contributed by atoms with van der Waals surface area (Å²) in [6, 6.07) is 17.0. The van der Waals surface area contributed by atoms with E-state index in [2.05, 4.69) is 10.3 Å². The number of rotatable bonds is 6. The molecule has 5 rings (SSSR count). The van der Waals surface area contributed by atoms with Crippen LogP contribution in [0.3, 0.4) is 0 Å². The van der Waals surface area contributed by atoms with Crippen molar-refractivity contribution in [2.75, 3.05) is 13.7 Å². The zero-order valence-corrected chi connectivity index (χ0v) is 20.7. The van der Waals surface area contributed by atoms with Gasteiger partial charge in [0.2, 0.25) is 0 Å². The lowest BCUT2D eigenvalue weighted by atomic mass is 10.0. The molecule has 1 aliphatic rings. The Morgan fingerprint density at radius 1 is 1.11 bits per heavy atom. The molecule has 0 bridgehead atoms. The second-order valence-electron chi connectivity index (χ2n) is 9.04. The van der Waals surface area contributed by atoms with E-state index in [1.54, 1.807) is 11.0 Å². The molecule has 1 aliphatic heterocycles. The largest absolute Gasteiger partial charge is 0.468 e. The van der Waals surface area contributed by atoms with Crippen LogP contribution in [0.4, 0.5) is 8.78 Å². The number of H-pyrrole nitrogens is 1. The van der Waals surface area contributed by atoms with Crippen LogP contribution in [-0.2, 0) is 16.1 Å². The Bertz CT molecular complexity index is 1470. The molecule has 1 aromatic heterocycles. The highest BCUT2D eigenvalue weighted by Gasteiger charge is 2.39. The summed E-state index contributed by atoms with van der Waals surface area (Å²) >= 11 is 6.25. The number of fused-ring (bicyclic) bond motifs is 1. The van der Waals surface area contributed by atoms with Crippen molar-refractivity contribution >= 4 is 34.4 Å². The van der Waals surface area contributed by atoms with Crippen molar-refractivity contribution in [3.05, 3.63) is 94.6 Å². The number of aromatic nitrogens is 1. The minimum atomic E-state index is -0.715. The van der Waals surface area contributed by atoms with Crippen LogP contribution >= 0.6 is 11.6 Å². The number of nitrogens with one attached hydrogen (secondary N) is 2. The van der Waals surface area contributed by atoms with E-state index in [1.807, 2.05) is 42.5 Å². The summed E-state index contributed by atoms with van der Waals surface area (Å²) in [5.74, 6) is -1.98. The van der Waals surface area contributed by atoms with Gasteiger partial charge in [-0.25, -0.2) is 8.78 Å². The van der Waals surface area contributed by atoms with Gasteiger partial charge in [-0.2, -0.15) is 0 Å². The van der Waals surface area contributed by atoms with Crippen LogP contribution in [-0.4, -0.2) is 47.5 Å². The molecule has 0 unspecified atom stereocenters. The number of benzene rings is 3. The molecule has 0 radical (unpaired) electrons. The molecule has 9 heteroatoms. The summed E-state index contributed by atoms with van der Waals surface area (Å²) < 4.78 is 33.0. The van der Waals surface area contributed by atoms with Crippen molar-refractivity contribution in [1.29, 1.82) is 0 Å². The normalized spacial score (nSPS) is 17.7. The second-order valence-corrected chi connectivity index (χ2v) is 9.48. The fraction of sp³-hybridized carbons (Fsp3) is 0.214. The highest BCUT2D eigenvalue weighted by molar-refractivity contribution is 6.31. The molecule has 0 aliphatic carbocycles. The molecule has 3 aromatic carbocycles. The molecule has 6 nitrogen and oxygen atoms in total. The van der Waals surface area contributed by atoms with Gasteiger partial charge in [0, 0.05) is 46.2 Å². The lowest BCUT2D eigenvalue weighted by molar-refractivity contribution is -0.146. The molecule has 1 saturated heterocycles. The summed E-state index contributed by atoms with van der Waals surface area (Å²) in [5.41, 5.74) is 2.82. The van der Waals surface area contributed by atoms with Crippen LogP contribution in [0.5, 0.6) is 0 Å². The van der Waals surface area contributed by atoms with Gasteiger partial charge in [0.05, 0.1) is 7.11 Å². The molecule has 1 fully saturated rings. The predicted molar refractivity (Wildman–Crippen MR) is 137 cm³/mol. The number of ether oxygens (including phenoxy) is 1. The van der Waals surface area contributed by atoms with Gasteiger partial charge >= 0.3 is 5.97 Å². The number of amides is 1. The first-order valence-electron chi connectivity index (χ1n) is 11.8. The summed E-state index contributed by atoms with van der Waals surface area (Å²) in [7, 11) is 1.27. The average Bonchev–Trinajstić information content (AvgIpc) is 3.47. The van der Waals surface area contributed by atoms with Crippen molar-refractivity contribution < 1.29 is 23.1 Å². The molecule has 2 heterocycles. The van der Waals surface area contributed by atoms with E-state index in [1.165, 1.54) is 7.11 Å². The number of hydrogen-bond donors (Lipinski definition) is 2. The Hall–Kier alpha value is -3.75. The Morgan fingerprint density at radius 2 is 1.89 bits per heavy atom. The maximum Gasteiger partial charge on any atom is 0.323 e. The van der Waals surface area contributed by atoms with E-state index in [0.29, 0.717) is 10.7 Å². The van der Waals surface area contributed by atoms with Gasteiger partial charge < -0.3 is 15.0 Å². The quantitative estimate of drug-likeness (QED) is 0.336. The summed E-state index contributed by atoms with van der Waals surface area (Å²) in [6.45, 7) is 0.254. The van der Waals surface area contributed by atoms with Gasteiger partial charge in [-0.3, -0.25) is 14.5 Å². The van der Waals surface area contributed by atoms with Gasteiger partial charge in [-0.15, -0.1) is 0 Å². The van der Waals surface area contributed by atoms with Gasteiger partial charge in [0.15, 0.2) is 0 Å². The van der Waals surface area contributed by atoms with Crippen molar-refractivity contribution in [3.63, 3.8) is 0 Å². The average molecular weight is 524 g/mol. The van der Waals surface area contributed by atoms with Crippen molar-refractivity contribution in [2.45, 2.75) is 25.0 Å². The van der Waals surface area contributed by atoms with E-state index in [0.717, 1.165) is 40.2 Å². The van der Waals surface area contributed by atoms with Gasteiger partial charge in [0.25, 0.3) is 5.91 Å². The Kier molecular flexibility index (Phi) is 6.95. The lowest BCUT2D eigenvalue weighted by Gasteiger charge is -2.22. The molecule has 37 heavy (non-hydrogen) atoms. The van der Waals surface area contributed by atoms with Crippen molar-refractivity contribution in [2.24, 2.45) is 0 Å². The number of carbonyl (C=O) groups is 2. The number of nitrogens with zero attached hydrogens (tertiary/aromatic N) is 1. The maximum atomic E-state index is 14.3. The fourth-order valence-electron chi connectivity index (χ4n) is 4.94. The molecular weight excluding hydrogens is 500 g/mol. The number of aromatic amines is 1. The number of likely N-dealkylation sites (tertiary alicyclic amines) is 1. The summed E-state index contributed by atoms with van der Waals surface area (Å²) in [4.78, 5) is 30.9. The van der Waals surface area contributed by atoms with Crippen LogP contribution in [0.15, 0.2) is 66.7 Å². The van der Waals surface area contributed by atoms with Crippen LogP contribution in [0.1, 0.15) is 22.5 Å². The van der Waals surface area contributed by atoms with E-state index in [4.69, 9.17) is 16.3 Å². The molecule has 2 N–H and O–H groups in total. The standard InChI is InChI=1S/C28H24ClF2N3O3/c1-37-28(36)24-13-20(15-34(24)14-17-11-19(30)8-9-22(17)31)32-27(35)26-25(16-5-3-2-4-6-16)21-12-18(29)7-10-23(21)33-26/h2-12,20,24,33H,13-15H2,1H3,(H,32,35)/t20-,24+/m1/s1. The molecule has 1 amide bonds. The molecule has 4 aromatic rings. The van der Waals surface area contributed by atoms with Gasteiger partial charge in [-0.05, 0) is 48.4 Å². The van der Waals surface area contributed by atoms with Crippen molar-refractivity contribution in [3.8, 4) is 11.1 Å².